The summed E-state index contributed by atoms with van der Waals surface area (Å²) in [5.41, 5.74) is 0.890. The van der Waals surface area contributed by atoms with Crippen molar-refractivity contribution < 1.29 is 9.47 Å². The van der Waals surface area contributed by atoms with Gasteiger partial charge in [-0.1, -0.05) is 0 Å². The molecule has 70 valence electrons. The Labute approximate surface area is 81.2 Å². The molecule has 0 bridgehead atoms. The van der Waals surface area contributed by atoms with Gasteiger partial charge in [0.25, 0.3) is 0 Å². The van der Waals surface area contributed by atoms with E-state index in [1.54, 1.807) is 7.11 Å². The third-order valence-corrected chi connectivity index (χ3v) is 3.12. The molecule has 0 saturated carbocycles. The van der Waals surface area contributed by atoms with Crippen LogP contribution >= 0.6 is 0 Å². The van der Waals surface area contributed by atoms with Gasteiger partial charge in [0.1, 0.15) is 0 Å². The van der Waals surface area contributed by atoms with Gasteiger partial charge in [-0.2, -0.15) is 0 Å². The summed E-state index contributed by atoms with van der Waals surface area (Å²) < 4.78 is 10.1. The van der Waals surface area contributed by atoms with Crippen LogP contribution in [0.2, 0.25) is 5.32 Å². The SMILES string of the molecule is C#CCCC[Se]COCCOC. The van der Waals surface area contributed by atoms with Crippen molar-refractivity contribution in [3.8, 4) is 12.3 Å². The average Bonchev–Trinajstić information content (AvgIpc) is 2.10. The van der Waals surface area contributed by atoms with Gasteiger partial charge in [0.2, 0.25) is 0 Å². The standard InChI is InChI=1S/C9H16O2Se/c1-3-4-5-8-12-9-11-7-6-10-2/h1H,4-9H2,2H3. The number of rotatable bonds is 8. The summed E-state index contributed by atoms with van der Waals surface area (Å²) >= 11 is 0.602. The molecule has 0 fully saturated rings. The molecule has 0 aromatic rings. The summed E-state index contributed by atoms with van der Waals surface area (Å²) in [6, 6.07) is 0. The van der Waals surface area contributed by atoms with Crippen molar-refractivity contribution in [1.29, 1.82) is 0 Å². The molecule has 0 saturated heterocycles. The van der Waals surface area contributed by atoms with E-state index in [1.165, 1.54) is 5.32 Å². The molecule has 0 aliphatic heterocycles. The third kappa shape index (κ3) is 10.00. The fourth-order valence-electron chi connectivity index (χ4n) is 0.595. The van der Waals surface area contributed by atoms with Crippen molar-refractivity contribution in [2.45, 2.75) is 18.2 Å². The van der Waals surface area contributed by atoms with Crippen molar-refractivity contribution >= 4 is 15.0 Å². The van der Waals surface area contributed by atoms with Gasteiger partial charge in [0.15, 0.2) is 0 Å². The quantitative estimate of drug-likeness (QED) is 0.357. The van der Waals surface area contributed by atoms with E-state index in [0.717, 1.165) is 18.3 Å². The van der Waals surface area contributed by atoms with E-state index in [1.807, 2.05) is 0 Å². The van der Waals surface area contributed by atoms with Crippen LogP contribution in [0.4, 0.5) is 0 Å². The van der Waals surface area contributed by atoms with Gasteiger partial charge < -0.3 is 0 Å². The number of unbranched alkanes of at least 4 members (excludes halogenated alkanes) is 1. The Morgan fingerprint density at radius 2 is 2.25 bits per heavy atom. The molecule has 3 heteroatoms. The molecule has 12 heavy (non-hydrogen) atoms. The van der Waals surface area contributed by atoms with E-state index >= 15 is 0 Å². The average molecular weight is 235 g/mol. The van der Waals surface area contributed by atoms with Crippen LogP contribution in [0.5, 0.6) is 0 Å². The second-order valence-electron chi connectivity index (χ2n) is 2.23. The summed E-state index contributed by atoms with van der Waals surface area (Å²) in [7, 11) is 1.68. The van der Waals surface area contributed by atoms with E-state index in [2.05, 4.69) is 5.92 Å². The summed E-state index contributed by atoms with van der Waals surface area (Å²) in [6.45, 7) is 1.41. The van der Waals surface area contributed by atoms with Gasteiger partial charge in [-0.25, -0.2) is 0 Å². The number of terminal acetylenes is 1. The van der Waals surface area contributed by atoms with Crippen LogP contribution in [0.1, 0.15) is 12.8 Å². The summed E-state index contributed by atoms with van der Waals surface area (Å²) in [4.78, 5) is 0. The van der Waals surface area contributed by atoms with E-state index in [0.29, 0.717) is 28.2 Å². The van der Waals surface area contributed by atoms with Crippen molar-refractivity contribution in [1.82, 2.24) is 0 Å². The number of methoxy groups -OCH3 is 1. The zero-order valence-electron chi connectivity index (χ0n) is 7.54. The fraction of sp³-hybridized carbons (Fsp3) is 0.778. The predicted octanol–water partition coefficient (Wildman–Crippen LogP) is 1.14. The van der Waals surface area contributed by atoms with Crippen molar-refractivity contribution in [2.75, 3.05) is 25.8 Å². The Morgan fingerprint density at radius 3 is 2.92 bits per heavy atom. The molecule has 0 aromatic carbocycles. The van der Waals surface area contributed by atoms with Crippen LogP contribution in [0.3, 0.4) is 0 Å². The van der Waals surface area contributed by atoms with Crippen LogP contribution < -0.4 is 0 Å². The van der Waals surface area contributed by atoms with Crippen molar-refractivity contribution in [3.05, 3.63) is 0 Å². The van der Waals surface area contributed by atoms with Gasteiger partial charge in [0, 0.05) is 0 Å². The Kier molecular flexibility index (Phi) is 11.0. The fourth-order valence-corrected chi connectivity index (χ4v) is 2.07. The van der Waals surface area contributed by atoms with Crippen LogP contribution in [0.15, 0.2) is 0 Å². The molecule has 0 spiro atoms. The summed E-state index contributed by atoms with van der Waals surface area (Å²) in [5, 5.41) is 1.23. The van der Waals surface area contributed by atoms with Gasteiger partial charge in [-0.3, -0.25) is 0 Å². The molecule has 0 unspecified atom stereocenters. The van der Waals surface area contributed by atoms with Gasteiger partial charge in [-0.05, 0) is 0 Å². The number of hydrogen-bond donors (Lipinski definition) is 0. The Balaban J connectivity index is 2.78. The predicted molar refractivity (Wildman–Crippen MR) is 51.3 cm³/mol. The zero-order chi connectivity index (χ0) is 9.07. The van der Waals surface area contributed by atoms with E-state index in [9.17, 15) is 0 Å². The Bertz CT molecular complexity index is 120. The molecule has 2 nitrogen and oxygen atoms in total. The molecule has 0 radical (unpaired) electrons. The molecule has 0 aromatic heterocycles. The maximum absolute atomic E-state index is 5.31. The van der Waals surface area contributed by atoms with Crippen LogP contribution in [-0.4, -0.2) is 40.8 Å². The van der Waals surface area contributed by atoms with Crippen molar-refractivity contribution in [2.24, 2.45) is 0 Å². The maximum atomic E-state index is 5.31. The van der Waals surface area contributed by atoms with Gasteiger partial charge >= 0.3 is 80.8 Å². The normalized spacial score (nSPS) is 9.67. The van der Waals surface area contributed by atoms with Crippen LogP contribution in [0, 0.1) is 12.3 Å². The third-order valence-electron chi connectivity index (χ3n) is 1.21. The Morgan fingerprint density at radius 1 is 1.42 bits per heavy atom. The first-order valence-corrected chi connectivity index (χ1v) is 6.42. The first-order chi connectivity index (χ1) is 5.91. The molecular weight excluding hydrogens is 219 g/mol. The Hall–Kier alpha value is -0.000519. The molecule has 0 amide bonds. The minimum atomic E-state index is 0.602. The first kappa shape index (κ1) is 12.0. The van der Waals surface area contributed by atoms with E-state index in [4.69, 9.17) is 15.9 Å². The van der Waals surface area contributed by atoms with E-state index in [-0.39, 0.29) is 0 Å². The molecule has 0 aliphatic rings. The van der Waals surface area contributed by atoms with Crippen molar-refractivity contribution in [3.63, 3.8) is 0 Å². The minimum absolute atomic E-state index is 0.602. The zero-order valence-corrected chi connectivity index (χ0v) is 9.26. The molecule has 0 rings (SSSR count). The number of ether oxygens (including phenoxy) is 2. The van der Waals surface area contributed by atoms with Crippen LogP contribution in [-0.2, 0) is 9.47 Å². The first-order valence-electron chi connectivity index (χ1n) is 3.99. The molecule has 0 N–H and O–H groups in total. The molecule has 0 aliphatic carbocycles. The second kappa shape index (κ2) is 11.0. The van der Waals surface area contributed by atoms with Gasteiger partial charge in [0.05, 0.1) is 0 Å². The molecule has 0 atom stereocenters. The van der Waals surface area contributed by atoms with Gasteiger partial charge in [-0.15, -0.1) is 0 Å². The molecular formula is C9H16O2Se. The summed E-state index contributed by atoms with van der Waals surface area (Å²) in [5.74, 6) is 2.63. The van der Waals surface area contributed by atoms with E-state index < -0.39 is 0 Å². The molecule has 0 heterocycles. The monoisotopic (exact) mass is 236 g/mol. The second-order valence-corrected chi connectivity index (χ2v) is 4.44. The summed E-state index contributed by atoms with van der Waals surface area (Å²) in [6.07, 6.45) is 7.16. The number of hydrogen-bond acceptors (Lipinski definition) is 2. The van der Waals surface area contributed by atoms with Crippen LogP contribution in [0.25, 0.3) is 0 Å². The topological polar surface area (TPSA) is 18.5 Å².